The Kier molecular flexibility index (Phi) is 7.35. The first-order valence-corrected chi connectivity index (χ1v) is 10.6. The highest BCUT2D eigenvalue weighted by molar-refractivity contribution is 5.45. The number of hydrogen-bond donors (Lipinski definition) is 2. The maximum absolute atomic E-state index is 11.9. The summed E-state index contributed by atoms with van der Waals surface area (Å²) in [5, 5.41) is 11.9. The van der Waals surface area contributed by atoms with E-state index in [2.05, 4.69) is 6.92 Å². The van der Waals surface area contributed by atoms with Gasteiger partial charge in [-0.25, -0.2) is 0 Å². The van der Waals surface area contributed by atoms with Crippen LogP contribution in [-0.4, -0.2) is 38.5 Å². The number of likely N-dealkylation sites (tertiary alicyclic amines) is 1. The zero-order valence-corrected chi connectivity index (χ0v) is 17.2. The van der Waals surface area contributed by atoms with E-state index < -0.39 is 5.60 Å². The quantitative estimate of drug-likeness (QED) is 0.698. The van der Waals surface area contributed by atoms with Crippen molar-refractivity contribution in [1.82, 2.24) is 0 Å². The minimum Gasteiger partial charge on any atom is -0.496 e. The van der Waals surface area contributed by atoms with E-state index >= 15 is 0 Å². The fraction of sp³-hybridized carbons (Fsp3) is 0.500. The van der Waals surface area contributed by atoms with Gasteiger partial charge in [-0.2, -0.15) is 0 Å². The highest BCUT2D eigenvalue weighted by atomic mass is 16.5. The first-order chi connectivity index (χ1) is 13.7. The minimum atomic E-state index is -1.08. The summed E-state index contributed by atoms with van der Waals surface area (Å²) in [4.78, 5) is 1.59. The summed E-state index contributed by atoms with van der Waals surface area (Å²) in [5.41, 5.74) is 0.633. The van der Waals surface area contributed by atoms with E-state index in [9.17, 15) is 5.11 Å². The molecule has 0 saturated carbocycles. The van der Waals surface area contributed by atoms with Crippen molar-refractivity contribution in [3.8, 4) is 11.5 Å². The summed E-state index contributed by atoms with van der Waals surface area (Å²) in [6.07, 6.45) is 5.54. The van der Waals surface area contributed by atoms with Crippen LogP contribution in [0.5, 0.6) is 11.5 Å². The number of rotatable bonds is 9. The van der Waals surface area contributed by atoms with Crippen LogP contribution in [0.15, 0.2) is 48.5 Å². The molecule has 3 rings (SSSR count). The van der Waals surface area contributed by atoms with E-state index in [1.807, 2.05) is 48.5 Å². The van der Waals surface area contributed by atoms with Crippen molar-refractivity contribution >= 4 is 0 Å². The number of benzene rings is 2. The summed E-state index contributed by atoms with van der Waals surface area (Å²) >= 11 is 0. The number of hydrogen-bond acceptors (Lipinski definition) is 3. The second-order valence-corrected chi connectivity index (χ2v) is 7.74. The number of quaternary nitrogens is 1. The maximum atomic E-state index is 11.9. The number of methoxy groups -OCH3 is 1. The van der Waals surface area contributed by atoms with E-state index in [4.69, 9.17) is 9.47 Å². The Morgan fingerprint density at radius 3 is 2.39 bits per heavy atom. The zero-order chi connectivity index (χ0) is 19.8. The Hall–Kier alpha value is -2.04. The van der Waals surface area contributed by atoms with Crippen molar-refractivity contribution in [3.05, 3.63) is 59.7 Å². The van der Waals surface area contributed by atoms with Gasteiger partial charge < -0.3 is 19.5 Å². The van der Waals surface area contributed by atoms with Gasteiger partial charge in [0, 0.05) is 12.0 Å². The molecular weight excluding hydrogens is 350 g/mol. The van der Waals surface area contributed by atoms with Crippen LogP contribution in [0.1, 0.15) is 50.2 Å². The van der Waals surface area contributed by atoms with Gasteiger partial charge in [-0.3, -0.25) is 0 Å². The Morgan fingerprint density at radius 1 is 1.00 bits per heavy atom. The van der Waals surface area contributed by atoms with Gasteiger partial charge in [0.25, 0.3) is 0 Å². The van der Waals surface area contributed by atoms with Crippen molar-refractivity contribution in [2.75, 3.05) is 33.4 Å². The Labute approximate surface area is 169 Å². The molecule has 2 aromatic rings. The Bertz CT molecular complexity index is 725. The van der Waals surface area contributed by atoms with Crippen LogP contribution in [0.2, 0.25) is 0 Å². The van der Waals surface area contributed by atoms with Gasteiger partial charge in [0.1, 0.15) is 17.1 Å². The lowest BCUT2D eigenvalue weighted by molar-refractivity contribution is -0.905. The SMILES string of the molecule is CCCOc1ccc([C@](O)(CC[NH+]2CCCCC2)c2ccccc2OC)cc1. The van der Waals surface area contributed by atoms with E-state index in [1.54, 1.807) is 12.0 Å². The van der Waals surface area contributed by atoms with Gasteiger partial charge in [-0.15, -0.1) is 0 Å². The van der Waals surface area contributed by atoms with Gasteiger partial charge >= 0.3 is 0 Å². The monoisotopic (exact) mass is 384 g/mol. The molecule has 1 heterocycles. The topological polar surface area (TPSA) is 43.1 Å². The zero-order valence-electron chi connectivity index (χ0n) is 17.2. The Morgan fingerprint density at radius 2 is 1.71 bits per heavy atom. The third-order valence-corrected chi connectivity index (χ3v) is 5.76. The molecule has 0 amide bonds. The van der Waals surface area contributed by atoms with Crippen molar-refractivity contribution < 1.29 is 19.5 Å². The van der Waals surface area contributed by atoms with E-state index in [0.29, 0.717) is 13.0 Å². The summed E-state index contributed by atoms with van der Waals surface area (Å²) in [7, 11) is 1.66. The second-order valence-electron chi connectivity index (χ2n) is 7.74. The van der Waals surface area contributed by atoms with Crippen molar-refractivity contribution in [1.29, 1.82) is 0 Å². The lowest BCUT2D eigenvalue weighted by Crippen LogP contribution is -3.13. The van der Waals surface area contributed by atoms with Crippen LogP contribution < -0.4 is 14.4 Å². The molecule has 0 spiro atoms. The number of aliphatic hydroxyl groups is 1. The molecule has 0 radical (unpaired) electrons. The van der Waals surface area contributed by atoms with Crippen molar-refractivity contribution in [2.45, 2.75) is 44.6 Å². The van der Waals surface area contributed by atoms with E-state index in [-0.39, 0.29) is 0 Å². The summed E-state index contributed by atoms with van der Waals surface area (Å²) in [6.45, 7) is 6.15. The summed E-state index contributed by atoms with van der Waals surface area (Å²) < 4.78 is 11.3. The van der Waals surface area contributed by atoms with Gasteiger partial charge in [0.15, 0.2) is 0 Å². The molecule has 28 heavy (non-hydrogen) atoms. The van der Waals surface area contributed by atoms with Crippen LogP contribution in [-0.2, 0) is 5.60 Å². The molecule has 0 aliphatic carbocycles. The molecule has 152 valence electrons. The van der Waals surface area contributed by atoms with Crippen LogP contribution in [0.25, 0.3) is 0 Å². The first kappa shape index (κ1) is 20.7. The molecule has 1 fully saturated rings. The van der Waals surface area contributed by atoms with Crippen LogP contribution in [0.3, 0.4) is 0 Å². The van der Waals surface area contributed by atoms with Crippen molar-refractivity contribution in [2.24, 2.45) is 0 Å². The normalized spacial score (nSPS) is 17.1. The van der Waals surface area contributed by atoms with Crippen LogP contribution >= 0.6 is 0 Å². The molecular formula is C24H34NO3+. The summed E-state index contributed by atoms with van der Waals surface area (Å²) in [5.74, 6) is 1.57. The highest BCUT2D eigenvalue weighted by Crippen LogP contribution is 2.38. The third-order valence-electron chi connectivity index (χ3n) is 5.76. The van der Waals surface area contributed by atoms with Gasteiger partial charge in [0.2, 0.25) is 0 Å². The molecule has 1 saturated heterocycles. The number of piperidine rings is 1. The lowest BCUT2D eigenvalue weighted by atomic mass is 9.82. The molecule has 4 nitrogen and oxygen atoms in total. The van der Waals surface area contributed by atoms with E-state index in [0.717, 1.165) is 35.6 Å². The molecule has 1 aliphatic rings. The maximum Gasteiger partial charge on any atom is 0.125 e. The van der Waals surface area contributed by atoms with Crippen molar-refractivity contribution in [3.63, 3.8) is 0 Å². The van der Waals surface area contributed by atoms with Crippen LogP contribution in [0, 0.1) is 0 Å². The smallest absolute Gasteiger partial charge is 0.125 e. The Balaban J connectivity index is 1.89. The first-order valence-electron chi connectivity index (χ1n) is 10.6. The molecule has 2 N–H and O–H groups in total. The molecule has 2 aromatic carbocycles. The van der Waals surface area contributed by atoms with Gasteiger partial charge in [0.05, 0.1) is 33.4 Å². The van der Waals surface area contributed by atoms with Gasteiger partial charge in [-0.05, 0) is 49.4 Å². The highest BCUT2D eigenvalue weighted by Gasteiger charge is 2.35. The predicted molar refractivity (Wildman–Crippen MR) is 112 cm³/mol. The van der Waals surface area contributed by atoms with E-state index in [1.165, 1.54) is 32.4 Å². The molecule has 0 bridgehead atoms. The predicted octanol–water partition coefficient (Wildman–Crippen LogP) is 3.18. The largest absolute Gasteiger partial charge is 0.496 e. The average molecular weight is 385 g/mol. The fourth-order valence-corrected chi connectivity index (χ4v) is 4.13. The number of para-hydroxylation sites is 1. The standard InChI is InChI=1S/C24H33NO3/c1-3-19-28-21-13-11-20(12-14-21)24(26,15-18-25-16-7-4-8-17-25)22-9-5-6-10-23(22)27-2/h5-6,9-14,26H,3-4,7-8,15-19H2,1-2H3/p+1/t24-/m1/s1. The van der Waals surface area contributed by atoms with Gasteiger partial charge in [-0.1, -0.05) is 37.3 Å². The molecule has 0 unspecified atom stereocenters. The third kappa shape index (κ3) is 4.86. The lowest BCUT2D eigenvalue weighted by Gasteiger charge is -2.33. The average Bonchev–Trinajstić information content (AvgIpc) is 2.77. The van der Waals surface area contributed by atoms with Crippen LogP contribution in [0.4, 0.5) is 0 Å². The molecule has 1 aliphatic heterocycles. The molecule has 0 aromatic heterocycles. The number of ether oxygens (including phenoxy) is 2. The fourth-order valence-electron chi connectivity index (χ4n) is 4.13. The minimum absolute atomic E-state index is 0.665. The molecule has 4 heteroatoms. The molecule has 1 atom stereocenters. The summed E-state index contributed by atoms with van der Waals surface area (Å²) in [6, 6.07) is 15.7. The second kappa shape index (κ2) is 9.94. The number of nitrogens with one attached hydrogen (secondary N) is 1.